The summed E-state index contributed by atoms with van der Waals surface area (Å²) in [7, 11) is -0.792. The van der Waals surface area contributed by atoms with E-state index in [0.717, 1.165) is 5.56 Å². The highest BCUT2D eigenvalue weighted by Crippen LogP contribution is 2.29. The summed E-state index contributed by atoms with van der Waals surface area (Å²) in [6.07, 6.45) is 0. The predicted molar refractivity (Wildman–Crippen MR) is 100 cm³/mol. The van der Waals surface area contributed by atoms with Crippen molar-refractivity contribution < 1.29 is 22.7 Å². The topological polar surface area (TPSA) is 72.9 Å². The average molecular weight is 377 g/mol. The van der Waals surface area contributed by atoms with Gasteiger partial charge >= 0.3 is 5.97 Å². The van der Waals surface area contributed by atoms with Crippen LogP contribution in [0.25, 0.3) is 0 Å². The lowest BCUT2D eigenvalue weighted by atomic mass is 10.1. The standard InChI is InChI=1S/C19H23NO5S/c1-6-25-19(21)16-8-7-9-17(14(16)3)20(4)26(22,23)15-10-11-18(24-5)13(2)12-15/h7-12H,6H2,1-5H3. The fourth-order valence-corrected chi connectivity index (χ4v) is 4.03. The van der Waals surface area contributed by atoms with Crippen LogP contribution in [0.2, 0.25) is 0 Å². The van der Waals surface area contributed by atoms with Gasteiger partial charge in [-0.1, -0.05) is 6.07 Å². The number of hydrogen-bond acceptors (Lipinski definition) is 5. The first-order chi connectivity index (χ1) is 12.2. The average Bonchev–Trinajstić information content (AvgIpc) is 2.61. The minimum atomic E-state index is -3.79. The van der Waals surface area contributed by atoms with Crippen molar-refractivity contribution in [3.8, 4) is 5.75 Å². The lowest BCUT2D eigenvalue weighted by Crippen LogP contribution is -2.27. The van der Waals surface area contributed by atoms with Crippen molar-refractivity contribution >= 4 is 21.7 Å². The van der Waals surface area contributed by atoms with Gasteiger partial charge in [-0.25, -0.2) is 13.2 Å². The molecule has 2 aromatic rings. The summed E-state index contributed by atoms with van der Waals surface area (Å²) < 4.78 is 37.4. The van der Waals surface area contributed by atoms with Crippen molar-refractivity contribution in [3.63, 3.8) is 0 Å². The Morgan fingerprint density at radius 3 is 2.42 bits per heavy atom. The van der Waals surface area contributed by atoms with Crippen molar-refractivity contribution in [1.29, 1.82) is 0 Å². The quantitative estimate of drug-likeness (QED) is 0.722. The molecule has 0 heterocycles. The Hall–Kier alpha value is -2.54. The molecule has 2 aromatic carbocycles. The third-order valence-electron chi connectivity index (χ3n) is 4.16. The number of sulfonamides is 1. The van der Waals surface area contributed by atoms with Crippen LogP contribution in [0.5, 0.6) is 5.75 Å². The van der Waals surface area contributed by atoms with E-state index >= 15 is 0 Å². The molecule has 0 aromatic heterocycles. The van der Waals surface area contributed by atoms with Gasteiger partial charge in [-0.2, -0.15) is 0 Å². The van der Waals surface area contributed by atoms with Crippen LogP contribution in [0.15, 0.2) is 41.3 Å². The first-order valence-electron chi connectivity index (χ1n) is 8.14. The fraction of sp³-hybridized carbons (Fsp3) is 0.316. The molecule has 0 aliphatic carbocycles. The van der Waals surface area contributed by atoms with Crippen LogP contribution in [0.1, 0.15) is 28.4 Å². The number of hydrogen-bond donors (Lipinski definition) is 0. The molecule has 0 saturated heterocycles. The number of carbonyl (C=O) groups is 1. The molecule has 0 amide bonds. The zero-order chi connectivity index (χ0) is 19.5. The lowest BCUT2D eigenvalue weighted by Gasteiger charge is -2.23. The van der Waals surface area contributed by atoms with Crippen LogP contribution in [0.4, 0.5) is 5.69 Å². The molecule has 0 aliphatic rings. The van der Waals surface area contributed by atoms with Gasteiger partial charge in [0.15, 0.2) is 0 Å². The Balaban J connectivity index is 2.48. The molecule has 6 nitrogen and oxygen atoms in total. The Morgan fingerprint density at radius 2 is 1.85 bits per heavy atom. The molecular formula is C19H23NO5S. The number of methoxy groups -OCH3 is 1. The maximum absolute atomic E-state index is 13.0. The Kier molecular flexibility index (Phi) is 5.92. The molecule has 0 bridgehead atoms. The maximum Gasteiger partial charge on any atom is 0.338 e. The van der Waals surface area contributed by atoms with Gasteiger partial charge in [-0.05, 0) is 62.2 Å². The highest BCUT2D eigenvalue weighted by atomic mass is 32.2. The number of nitrogens with zero attached hydrogens (tertiary/aromatic N) is 1. The van der Waals surface area contributed by atoms with Crippen molar-refractivity contribution in [2.24, 2.45) is 0 Å². The molecule has 0 radical (unpaired) electrons. The van der Waals surface area contributed by atoms with E-state index in [1.165, 1.54) is 24.5 Å². The van der Waals surface area contributed by atoms with E-state index in [9.17, 15) is 13.2 Å². The summed E-state index contributed by atoms with van der Waals surface area (Å²) in [5.74, 6) is 0.144. The zero-order valence-corrected chi connectivity index (χ0v) is 16.4. The van der Waals surface area contributed by atoms with E-state index in [1.54, 1.807) is 51.1 Å². The fourth-order valence-electron chi connectivity index (χ4n) is 2.69. The van der Waals surface area contributed by atoms with E-state index < -0.39 is 16.0 Å². The molecule has 2 rings (SSSR count). The summed E-state index contributed by atoms with van der Waals surface area (Å²) in [6.45, 7) is 5.46. The van der Waals surface area contributed by atoms with Crippen LogP contribution in [0.3, 0.4) is 0 Å². The molecule has 0 N–H and O–H groups in total. The van der Waals surface area contributed by atoms with Gasteiger partial charge in [0.1, 0.15) is 5.75 Å². The monoisotopic (exact) mass is 377 g/mol. The van der Waals surface area contributed by atoms with Crippen LogP contribution in [0, 0.1) is 13.8 Å². The predicted octanol–water partition coefficient (Wildman–Crippen LogP) is 3.31. The minimum absolute atomic E-state index is 0.152. The number of aryl methyl sites for hydroxylation is 1. The molecular weight excluding hydrogens is 354 g/mol. The van der Waals surface area contributed by atoms with E-state index in [1.807, 2.05) is 0 Å². The Bertz CT molecular complexity index is 922. The second kappa shape index (κ2) is 7.78. The second-order valence-electron chi connectivity index (χ2n) is 5.77. The number of esters is 1. The first-order valence-corrected chi connectivity index (χ1v) is 9.58. The number of carbonyl (C=O) groups excluding carboxylic acids is 1. The van der Waals surface area contributed by atoms with Gasteiger partial charge in [0, 0.05) is 7.05 Å². The van der Waals surface area contributed by atoms with Crippen molar-refractivity contribution in [2.45, 2.75) is 25.7 Å². The first kappa shape index (κ1) is 19.8. The van der Waals surface area contributed by atoms with Gasteiger partial charge in [0.25, 0.3) is 10.0 Å². The van der Waals surface area contributed by atoms with Crippen molar-refractivity contribution in [3.05, 3.63) is 53.1 Å². The smallest absolute Gasteiger partial charge is 0.338 e. The highest BCUT2D eigenvalue weighted by molar-refractivity contribution is 7.92. The van der Waals surface area contributed by atoms with Gasteiger partial charge in [0.05, 0.1) is 29.9 Å². The van der Waals surface area contributed by atoms with Gasteiger partial charge in [-0.15, -0.1) is 0 Å². The second-order valence-corrected chi connectivity index (χ2v) is 7.74. The number of ether oxygens (including phenoxy) is 2. The molecule has 26 heavy (non-hydrogen) atoms. The van der Waals surface area contributed by atoms with Gasteiger partial charge in [0.2, 0.25) is 0 Å². The third kappa shape index (κ3) is 3.67. The Labute approximate surface area is 154 Å². The van der Waals surface area contributed by atoms with Crippen LogP contribution in [-0.4, -0.2) is 35.2 Å². The van der Waals surface area contributed by atoms with Gasteiger partial charge in [-0.3, -0.25) is 4.31 Å². The largest absolute Gasteiger partial charge is 0.496 e. The molecule has 0 unspecified atom stereocenters. The van der Waals surface area contributed by atoms with Crippen LogP contribution >= 0.6 is 0 Å². The van der Waals surface area contributed by atoms with Crippen LogP contribution in [-0.2, 0) is 14.8 Å². The Morgan fingerprint density at radius 1 is 1.15 bits per heavy atom. The van der Waals surface area contributed by atoms with Crippen molar-refractivity contribution in [1.82, 2.24) is 0 Å². The number of benzene rings is 2. The summed E-state index contributed by atoms with van der Waals surface area (Å²) >= 11 is 0. The molecule has 0 spiro atoms. The number of rotatable bonds is 6. The molecule has 0 atom stereocenters. The van der Waals surface area contributed by atoms with Gasteiger partial charge < -0.3 is 9.47 Å². The van der Waals surface area contributed by atoms with E-state index in [4.69, 9.17) is 9.47 Å². The summed E-state index contributed by atoms with van der Waals surface area (Å²) in [5.41, 5.74) is 2.03. The molecule has 7 heteroatoms. The molecule has 0 saturated carbocycles. The normalized spacial score (nSPS) is 11.1. The third-order valence-corrected chi connectivity index (χ3v) is 5.93. The molecule has 0 fully saturated rings. The highest BCUT2D eigenvalue weighted by Gasteiger charge is 2.25. The zero-order valence-electron chi connectivity index (χ0n) is 15.6. The summed E-state index contributed by atoms with van der Waals surface area (Å²) in [4.78, 5) is 12.2. The van der Waals surface area contributed by atoms with E-state index in [0.29, 0.717) is 22.6 Å². The minimum Gasteiger partial charge on any atom is -0.496 e. The lowest BCUT2D eigenvalue weighted by molar-refractivity contribution is 0.0525. The molecule has 140 valence electrons. The SMILES string of the molecule is CCOC(=O)c1cccc(N(C)S(=O)(=O)c2ccc(OC)c(C)c2)c1C. The maximum atomic E-state index is 13.0. The molecule has 0 aliphatic heterocycles. The van der Waals surface area contributed by atoms with Crippen molar-refractivity contribution in [2.75, 3.05) is 25.1 Å². The van der Waals surface area contributed by atoms with E-state index in [2.05, 4.69) is 0 Å². The van der Waals surface area contributed by atoms with Crippen LogP contribution < -0.4 is 9.04 Å². The van der Waals surface area contributed by atoms with E-state index in [-0.39, 0.29) is 11.5 Å². The summed E-state index contributed by atoms with van der Waals surface area (Å²) in [5, 5.41) is 0. The summed E-state index contributed by atoms with van der Waals surface area (Å²) in [6, 6.07) is 9.61. The number of anilines is 1.